The van der Waals surface area contributed by atoms with E-state index in [4.69, 9.17) is 14.5 Å². The van der Waals surface area contributed by atoms with E-state index in [-0.39, 0.29) is 12.3 Å². The Bertz CT molecular complexity index is 1110. The first-order chi connectivity index (χ1) is 15.7. The van der Waals surface area contributed by atoms with Gasteiger partial charge in [0.2, 0.25) is 5.91 Å². The maximum atomic E-state index is 12.4. The van der Waals surface area contributed by atoms with Crippen LogP contribution < -0.4 is 14.8 Å². The second-order valence-electron chi connectivity index (χ2n) is 7.06. The normalized spacial score (nSPS) is 10.6. The summed E-state index contributed by atoms with van der Waals surface area (Å²) in [6.45, 7) is 0.364. The van der Waals surface area contributed by atoms with E-state index in [2.05, 4.69) is 10.3 Å². The fourth-order valence-corrected chi connectivity index (χ4v) is 4.28. The minimum atomic E-state index is -0.0646. The zero-order valence-electron chi connectivity index (χ0n) is 17.9. The molecular formula is C25H23N3O3S. The van der Waals surface area contributed by atoms with E-state index in [1.54, 1.807) is 38.0 Å². The summed E-state index contributed by atoms with van der Waals surface area (Å²) in [5, 5.41) is 3.80. The lowest BCUT2D eigenvalue weighted by Crippen LogP contribution is -2.24. The lowest BCUT2D eigenvalue weighted by atomic mass is 10.1. The van der Waals surface area contributed by atoms with Gasteiger partial charge in [-0.25, -0.2) is 4.98 Å². The summed E-state index contributed by atoms with van der Waals surface area (Å²) in [5.41, 5.74) is 3.78. The van der Waals surface area contributed by atoms with Crippen molar-refractivity contribution in [2.24, 2.45) is 0 Å². The molecule has 0 aliphatic carbocycles. The summed E-state index contributed by atoms with van der Waals surface area (Å²) in [4.78, 5) is 22.3. The van der Waals surface area contributed by atoms with Crippen LogP contribution in [0, 0.1) is 0 Å². The predicted octanol–water partition coefficient (Wildman–Crippen LogP) is 4.75. The highest BCUT2D eigenvalue weighted by Gasteiger charge is 2.16. The van der Waals surface area contributed by atoms with Crippen molar-refractivity contribution < 1.29 is 14.3 Å². The van der Waals surface area contributed by atoms with Gasteiger partial charge in [-0.1, -0.05) is 6.07 Å². The van der Waals surface area contributed by atoms with Crippen molar-refractivity contribution in [1.82, 2.24) is 15.3 Å². The molecule has 0 atom stereocenters. The largest absolute Gasteiger partial charge is 0.497 e. The van der Waals surface area contributed by atoms with Crippen molar-refractivity contribution in [3.63, 3.8) is 0 Å². The first-order valence-electron chi connectivity index (χ1n) is 10.1. The van der Waals surface area contributed by atoms with Crippen molar-refractivity contribution in [2.45, 2.75) is 13.0 Å². The van der Waals surface area contributed by atoms with E-state index in [1.165, 1.54) is 0 Å². The summed E-state index contributed by atoms with van der Waals surface area (Å²) < 4.78 is 10.6. The third-order valence-corrected chi connectivity index (χ3v) is 6.02. The summed E-state index contributed by atoms with van der Waals surface area (Å²) in [5.74, 6) is 1.52. The van der Waals surface area contributed by atoms with E-state index in [0.717, 1.165) is 43.8 Å². The van der Waals surface area contributed by atoms with Gasteiger partial charge in [-0.15, -0.1) is 11.3 Å². The van der Waals surface area contributed by atoms with Gasteiger partial charge in [-0.05, 0) is 65.7 Å². The number of carbonyl (C=O) groups excluding carboxylic acids is 1. The first kappa shape index (κ1) is 21.5. The molecular weight excluding hydrogens is 422 g/mol. The van der Waals surface area contributed by atoms with Gasteiger partial charge in [-0.2, -0.15) is 0 Å². The average molecular weight is 446 g/mol. The SMILES string of the molecule is COc1ccc(-c2nc(CNC(=O)Cc3cccnc3)sc2-c2ccc(OC)cc2)cc1. The molecule has 0 bridgehead atoms. The topological polar surface area (TPSA) is 73.3 Å². The lowest BCUT2D eigenvalue weighted by Gasteiger charge is -2.05. The highest BCUT2D eigenvalue weighted by molar-refractivity contribution is 7.15. The Morgan fingerprint density at radius 3 is 2.19 bits per heavy atom. The van der Waals surface area contributed by atoms with Crippen molar-refractivity contribution in [2.75, 3.05) is 14.2 Å². The first-order valence-corrected chi connectivity index (χ1v) is 10.9. The molecule has 2 heterocycles. The number of thiazole rings is 1. The third kappa shape index (κ3) is 5.12. The van der Waals surface area contributed by atoms with Crippen LogP contribution in [0.3, 0.4) is 0 Å². The second kappa shape index (κ2) is 10.1. The number of hydrogen-bond donors (Lipinski definition) is 1. The van der Waals surface area contributed by atoms with Crippen LogP contribution in [0.5, 0.6) is 11.5 Å². The maximum Gasteiger partial charge on any atom is 0.224 e. The van der Waals surface area contributed by atoms with Gasteiger partial charge < -0.3 is 14.8 Å². The maximum absolute atomic E-state index is 12.4. The molecule has 0 saturated carbocycles. The van der Waals surface area contributed by atoms with Gasteiger partial charge in [0.1, 0.15) is 16.5 Å². The molecule has 2 aromatic heterocycles. The molecule has 0 fully saturated rings. The van der Waals surface area contributed by atoms with Crippen molar-refractivity contribution in [3.8, 4) is 33.2 Å². The van der Waals surface area contributed by atoms with E-state index in [1.807, 2.05) is 60.7 Å². The van der Waals surface area contributed by atoms with Crippen LogP contribution >= 0.6 is 11.3 Å². The summed E-state index contributed by atoms with van der Waals surface area (Å²) >= 11 is 1.57. The molecule has 0 aliphatic heterocycles. The molecule has 1 amide bonds. The van der Waals surface area contributed by atoms with Crippen LogP contribution in [0.15, 0.2) is 73.1 Å². The molecule has 0 spiro atoms. The predicted molar refractivity (Wildman–Crippen MR) is 126 cm³/mol. The number of methoxy groups -OCH3 is 2. The van der Waals surface area contributed by atoms with E-state index >= 15 is 0 Å². The molecule has 2 aromatic carbocycles. The van der Waals surface area contributed by atoms with Gasteiger partial charge in [0, 0.05) is 18.0 Å². The molecule has 0 radical (unpaired) electrons. The standard InChI is InChI=1S/C25H23N3O3S/c1-30-20-9-5-18(6-10-20)24-25(19-7-11-21(31-2)12-8-19)32-23(28-24)16-27-22(29)14-17-4-3-13-26-15-17/h3-13,15H,14,16H2,1-2H3,(H,27,29). The van der Waals surface area contributed by atoms with Crippen LogP contribution in [0.1, 0.15) is 10.6 Å². The van der Waals surface area contributed by atoms with Crippen LogP contribution in [-0.4, -0.2) is 30.1 Å². The highest BCUT2D eigenvalue weighted by atomic mass is 32.1. The van der Waals surface area contributed by atoms with Gasteiger partial charge >= 0.3 is 0 Å². The number of amides is 1. The zero-order valence-corrected chi connectivity index (χ0v) is 18.7. The quantitative estimate of drug-likeness (QED) is 0.424. The molecule has 162 valence electrons. The number of nitrogens with zero attached hydrogens (tertiary/aromatic N) is 2. The van der Waals surface area contributed by atoms with Gasteiger partial charge in [0.05, 0.1) is 37.8 Å². The minimum absolute atomic E-state index is 0.0646. The van der Waals surface area contributed by atoms with E-state index in [0.29, 0.717) is 6.54 Å². The molecule has 4 aromatic rings. The summed E-state index contributed by atoms with van der Waals surface area (Å²) in [6, 6.07) is 19.4. The van der Waals surface area contributed by atoms with E-state index in [9.17, 15) is 4.79 Å². The Morgan fingerprint density at radius 1 is 0.938 bits per heavy atom. The molecule has 32 heavy (non-hydrogen) atoms. The number of nitrogens with one attached hydrogen (secondary N) is 1. The summed E-state index contributed by atoms with van der Waals surface area (Å²) in [7, 11) is 3.30. The molecule has 0 saturated heterocycles. The Morgan fingerprint density at radius 2 is 1.59 bits per heavy atom. The number of rotatable bonds is 8. The number of ether oxygens (including phenoxy) is 2. The fourth-order valence-electron chi connectivity index (χ4n) is 3.25. The Kier molecular flexibility index (Phi) is 6.77. The van der Waals surface area contributed by atoms with Crippen LogP contribution in [-0.2, 0) is 17.8 Å². The number of pyridine rings is 1. The van der Waals surface area contributed by atoms with Gasteiger partial charge in [0.15, 0.2) is 0 Å². The number of aromatic nitrogens is 2. The van der Waals surface area contributed by atoms with E-state index < -0.39 is 0 Å². The average Bonchev–Trinajstić information content (AvgIpc) is 3.28. The number of hydrogen-bond acceptors (Lipinski definition) is 6. The fraction of sp³-hybridized carbons (Fsp3) is 0.160. The third-order valence-electron chi connectivity index (χ3n) is 4.91. The van der Waals surface area contributed by atoms with Gasteiger partial charge in [0.25, 0.3) is 0 Å². The number of benzene rings is 2. The molecule has 6 nitrogen and oxygen atoms in total. The number of carbonyl (C=O) groups is 1. The lowest BCUT2D eigenvalue weighted by molar-refractivity contribution is -0.120. The minimum Gasteiger partial charge on any atom is -0.497 e. The Labute approximate surface area is 190 Å². The Balaban J connectivity index is 1.58. The van der Waals surface area contributed by atoms with Crippen molar-refractivity contribution >= 4 is 17.2 Å². The monoisotopic (exact) mass is 445 g/mol. The second-order valence-corrected chi connectivity index (χ2v) is 8.14. The molecule has 4 rings (SSSR count). The zero-order chi connectivity index (χ0) is 22.3. The highest BCUT2D eigenvalue weighted by Crippen LogP contribution is 2.38. The van der Waals surface area contributed by atoms with Crippen LogP contribution in [0.4, 0.5) is 0 Å². The smallest absolute Gasteiger partial charge is 0.224 e. The summed E-state index contributed by atoms with van der Waals surface area (Å²) in [6.07, 6.45) is 3.68. The van der Waals surface area contributed by atoms with Crippen LogP contribution in [0.25, 0.3) is 21.7 Å². The molecule has 1 N–H and O–H groups in total. The molecule has 0 aliphatic rings. The van der Waals surface area contributed by atoms with Crippen molar-refractivity contribution in [3.05, 3.63) is 83.6 Å². The molecule has 7 heteroatoms. The van der Waals surface area contributed by atoms with Crippen molar-refractivity contribution in [1.29, 1.82) is 0 Å². The van der Waals surface area contributed by atoms with Gasteiger partial charge in [-0.3, -0.25) is 9.78 Å². The Hall–Kier alpha value is -3.71. The van der Waals surface area contributed by atoms with Crippen LogP contribution in [0.2, 0.25) is 0 Å². The molecule has 0 unspecified atom stereocenters.